The standard InChI is InChI=1S/C17H16Cl2N6O2S/c1-10(26)22-14-7-24(4-5-27-14)17-23-15(12-3-2-11(18)6-13(12)19)16(28-17)25-9-20-8-21-25/h2-3,6,8-9,14H,4-5,7H2,1H3,(H,22,26). The fourth-order valence-electron chi connectivity index (χ4n) is 2.90. The maximum absolute atomic E-state index is 11.4. The van der Waals surface area contributed by atoms with Gasteiger partial charge < -0.3 is 15.0 Å². The number of amides is 1. The molecule has 2 aromatic heterocycles. The zero-order valence-electron chi connectivity index (χ0n) is 14.8. The molecule has 1 unspecified atom stereocenters. The van der Waals surface area contributed by atoms with Crippen molar-refractivity contribution in [3.63, 3.8) is 0 Å². The smallest absolute Gasteiger partial charge is 0.218 e. The second kappa shape index (κ2) is 8.04. The Bertz CT molecular complexity index is 994. The lowest BCUT2D eigenvalue weighted by molar-refractivity contribution is -0.123. The van der Waals surface area contributed by atoms with Crippen molar-refractivity contribution in [1.29, 1.82) is 0 Å². The van der Waals surface area contributed by atoms with E-state index in [9.17, 15) is 4.79 Å². The lowest BCUT2D eigenvalue weighted by atomic mass is 10.1. The van der Waals surface area contributed by atoms with Crippen molar-refractivity contribution in [1.82, 2.24) is 25.1 Å². The summed E-state index contributed by atoms with van der Waals surface area (Å²) in [7, 11) is 0. The van der Waals surface area contributed by atoms with E-state index in [1.54, 1.807) is 23.1 Å². The Balaban J connectivity index is 1.73. The van der Waals surface area contributed by atoms with Crippen LogP contribution in [0.4, 0.5) is 5.13 Å². The first kappa shape index (κ1) is 19.1. The van der Waals surface area contributed by atoms with Crippen LogP contribution in [0.2, 0.25) is 10.0 Å². The average molecular weight is 439 g/mol. The number of hydrogen-bond donors (Lipinski definition) is 1. The number of rotatable bonds is 4. The van der Waals surface area contributed by atoms with Crippen LogP contribution >= 0.6 is 34.5 Å². The van der Waals surface area contributed by atoms with Gasteiger partial charge in [0.25, 0.3) is 0 Å². The first-order valence-electron chi connectivity index (χ1n) is 8.46. The van der Waals surface area contributed by atoms with E-state index < -0.39 is 0 Å². The normalized spacial score (nSPS) is 17.0. The van der Waals surface area contributed by atoms with E-state index in [4.69, 9.17) is 32.9 Å². The highest BCUT2D eigenvalue weighted by atomic mass is 35.5. The van der Waals surface area contributed by atoms with E-state index in [2.05, 4.69) is 20.3 Å². The summed E-state index contributed by atoms with van der Waals surface area (Å²) >= 11 is 13.9. The third-order valence-corrected chi connectivity index (χ3v) is 5.77. The minimum atomic E-state index is -0.382. The summed E-state index contributed by atoms with van der Waals surface area (Å²) in [6, 6.07) is 5.29. The summed E-state index contributed by atoms with van der Waals surface area (Å²) in [6.07, 6.45) is 2.70. The molecule has 146 valence electrons. The van der Waals surface area contributed by atoms with Crippen LogP contribution in [0.3, 0.4) is 0 Å². The Hall–Kier alpha value is -2.20. The predicted octanol–water partition coefficient (Wildman–Crippen LogP) is 3.00. The molecule has 11 heteroatoms. The van der Waals surface area contributed by atoms with Gasteiger partial charge in [0, 0.05) is 24.1 Å². The summed E-state index contributed by atoms with van der Waals surface area (Å²) in [6.45, 7) is 3.11. The van der Waals surface area contributed by atoms with Crippen LogP contribution in [-0.4, -0.2) is 51.6 Å². The molecule has 1 atom stereocenters. The number of thiazole rings is 1. The molecular weight excluding hydrogens is 423 g/mol. The number of nitrogens with one attached hydrogen (secondary N) is 1. The molecule has 3 aromatic rings. The number of aromatic nitrogens is 4. The predicted molar refractivity (Wildman–Crippen MR) is 108 cm³/mol. The molecule has 1 saturated heterocycles. The Morgan fingerprint density at radius 2 is 2.25 bits per heavy atom. The molecular formula is C17H16Cl2N6O2S. The molecule has 1 aliphatic heterocycles. The number of nitrogens with zero attached hydrogens (tertiary/aromatic N) is 5. The van der Waals surface area contributed by atoms with E-state index in [1.807, 2.05) is 6.07 Å². The lowest BCUT2D eigenvalue weighted by Gasteiger charge is -2.32. The first-order valence-corrected chi connectivity index (χ1v) is 10.0. The van der Waals surface area contributed by atoms with Crippen LogP contribution in [0.25, 0.3) is 16.3 Å². The van der Waals surface area contributed by atoms with Gasteiger partial charge in [0.05, 0.1) is 18.2 Å². The highest BCUT2D eigenvalue weighted by molar-refractivity contribution is 7.18. The van der Waals surface area contributed by atoms with Crippen LogP contribution in [0.5, 0.6) is 0 Å². The third-order valence-electron chi connectivity index (χ3n) is 4.11. The van der Waals surface area contributed by atoms with Gasteiger partial charge in [-0.15, -0.1) is 0 Å². The molecule has 8 nitrogen and oxygen atoms in total. The largest absolute Gasteiger partial charge is 0.355 e. The topological polar surface area (TPSA) is 85.2 Å². The van der Waals surface area contributed by atoms with Crippen LogP contribution in [0.1, 0.15) is 6.92 Å². The molecule has 0 radical (unpaired) electrons. The van der Waals surface area contributed by atoms with Gasteiger partial charge in [0.2, 0.25) is 5.91 Å². The van der Waals surface area contributed by atoms with Gasteiger partial charge in [-0.05, 0) is 18.2 Å². The zero-order chi connectivity index (χ0) is 19.7. The zero-order valence-corrected chi connectivity index (χ0v) is 17.1. The molecule has 0 aliphatic carbocycles. The number of benzene rings is 1. The minimum Gasteiger partial charge on any atom is -0.355 e. The van der Waals surface area contributed by atoms with Crippen molar-refractivity contribution in [2.24, 2.45) is 0 Å². The van der Waals surface area contributed by atoms with E-state index >= 15 is 0 Å². The van der Waals surface area contributed by atoms with Crippen LogP contribution in [0.15, 0.2) is 30.9 Å². The van der Waals surface area contributed by atoms with Crippen molar-refractivity contribution in [2.45, 2.75) is 13.2 Å². The van der Waals surface area contributed by atoms with Crippen molar-refractivity contribution in [3.05, 3.63) is 40.9 Å². The van der Waals surface area contributed by atoms with Crippen molar-refractivity contribution in [2.75, 3.05) is 24.6 Å². The van der Waals surface area contributed by atoms with E-state index in [1.165, 1.54) is 24.6 Å². The van der Waals surface area contributed by atoms with Gasteiger partial charge in [-0.3, -0.25) is 4.79 Å². The third kappa shape index (κ3) is 3.97. The molecule has 1 fully saturated rings. The second-order valence-electron chi connectivity index (χ2n) is 6.12. The first-order chi connectivity index (χ1) is 13.5. The highest BCUT2D eigenvalue weighted by Gasteiger charge is 2.26. The Morgan fingerprint density at radius 3 is 2.96 bits per heavy atom. The molecule has 4 rings (SSSR count). The van der Waals surface area contributed by atoms with Crippen LogP contribution in [0, 0.1) is 0 Å². The monoisotopic (exact) mass is 438 g/mol. The number of halogens is 2. The number of hydrogen-bond acceptors (Lipinski definition) is 7. The number of carbonyl (C=O) groups excluding carboxylic acids is 1. The molecule has 0 spiro atoms. The SMILES string of the molecule is CC(=O)NC1CN(c2nc(-c3ccc(Cl)cc3Cl)c(-n3cncn3)s2)CCO1. The van der Waals surface area contributed by atoms with E-state index in [-0.39, 0.29) is 12.1 Å². The summed E-state index contributed by atoms with van der Waals surface area (Å²) in [4.78, 5) is 22.3. The quantitative estimate of drug-likeness (QED) is 0.673. The fourth-order valence-corrected chi connectivity index (χ4v) is 4.44. The van der Waals surface area contributed by atoms with Gasteiger partial charge in [0.1, 0.15) is 29.6 Å². The van der Waals surface area contributed by atoms with Crippen molar-refractivity contribution in [3.8, 4) is 16.3 Å². The number of carbonyl (C=O) groups is 1. The van der Waals surface area contributed by atoms with Gasteiger partial charge in [0.15, 0.2) is 5.13 Å². The minimum absolute atomic E-state index is 0.136. The second-order valence-corrected chi connectivity index (χ2v) is 7.92. The fraction of sp³-hybridized carbons (Fsp3) is 0.294. The molecule has 1 aromatic carbocycles. The molecule has 28 heavy (non-hydrogen) atoms. The summed E-state index contributed by atoms with van der Waals surface area (Å²) in [5.74, 6) is -0.136. The van der Waals surface area contributed by atoms with E-state index in [0.29, 0.717) is 35.4 Å². The van der Waals surface area contributed by atoms with E-state index in [0.717, 1.165) is 15.7 Å². The van der Waals surface area contributed by atoms with Crippen LogP contribution in [-0.2, 0) is 9.53 Å². The van der Waals surface area contributed by atoms with Gasteiger partial charge in [-0.25, -0.2) is 14.6 Å². The Kier molecular flexibility index (Phi) is 5.49. The van der Waals surface area contributed by atoms with Gasteiger partial charge >= 0.3 is 0 Å². The summed E-state index contributed by atoms with van der Waals surface area (Å²) < 4.78 is 7.27. The summed E-state index contributed by atoms with van der Waals surface area (Å²) in [5, 5.41) is 9.66. The highest BCUT2D eigenvalue weighted by Crippen LogP contribution is 2.39. The van der Waals surface area contributed by atoms with Crippen molar-refractivity contribution < 1.29 is 9.53 Å². The average Bonchev–Trinajstić information content (AvgIpc) is 3.31. The maximum Gasteiger partial charge on any atom is 0.218 e. The number of morpholine rings is 1. The van der Waals surface area contributed by atoms with Crippen molar-refractivity contribution >= 4 is 45.6 Å². The Labute approximate surface area is 175 Å². The maximum atomic E-state index is 11.4. The molecule has 1 aliphatic rings. The molecule has 1 amide bonds. The van der Waals surface area contributed by atoms with Gasteiger partial charge in [-0.2, -0.15) is 5.10 Å². The molecule has 1 N–H and O–H groups in total. The molecule has 0 bridgehead atoms. The van der Waals surface area contributed by atoms with Gasteiger partial charge in [-0.1, -0.05) is 34.5 Å². The summed E-state index contributed by atoms with van der Waals surface area (Å²) in [5.41, 5.74) is 1.44. The molecule has 3 heterocycles. The number of anilines is 1. The Morgan fingerprint density at radius 1 is 1.39 bits per heavy atom. The number of ether oxygens (including phenoxy) is 1. The lowest BCUT2D eigenvalue weighted by Crippen LogP contribution is -2.50. The van der Waals surface area contributed by atoms with Crippen LogP contribution < -0.4 is 10.2 Å². The molecule has 0 saturated carbocycles.